The maximum Gasteiger partial charge on any atom is 0.335 e. The predicted octanol–water partition coefficient (Wildman–Crippen LogP) is 2.80. The van der Waals surface area contributed by atoms with Crippen LogP contribution in [0.3, 0.4) is 0 Å². The van der Waals surface area contributed by atoms with Crippen molar-refractivity contribution in [3.8, 4) is 0 Å². The molecule has 2 rings (SSSR count). The summed E-state index contributed by atoms with van der Waals surface area (Å²) in [5, 5.41) is 8.94. The van der Waals surface area contributed by atoms with Crippen molar-refractivity contribution in [1.29, 1.82) is 0 Å². The van der Waals surface area contributed by atoms with Crippen LogP contribution in [0.15, 0.2) is 47.4 Å². The number of para-hydroxylation sites is 1. The lowest BCUT2D eigenvalue weighted by molar-refractivity contribution is 0.0696. The van der Waals surface area contributed by atoms with Crippen LogP contribution in [0.2, 0.25) is 0 Å². The van der Waals surface area contributed by atoms with Crippen molar-refractivity contribution in [3.63, 3.8) is 0 Å². The van der Waals surface area contributed by atoms with Crippen molar-refractivity contribution in [3.05, 3.63) is 59.2 Å². The van der Waals surface area contributed by atoms with Crippen LogP contribution in [0.1, 0.15) is 21.5 Å². The third-order valence-corrected chi connectivity index (χ3v) is 4.46. The van der Waals surface area contributed by atoms with E-state index < -0.39 is 16.0 Å². The highest BCUT2D eigenvalue weighted by molar-refractivity contribution is 7.92. The van der Waals surface area contributed by atoms with Gasteiger partial charge in [0, 0.05) is 0 Å². The summed E-state index contributed by atoms with van der Waals surface area (Å²) in [6.07, 6.45) is 0. The van der Waals surface area contributed by atoms with Gasteiger partial charge < -0.3 is 5.11 Å². The highest BCUT2D eigenvalue weighted by atomic mass is 32.2. The van der Waals surface area contributed by atoms with Gasteiger partial charge in [-0.05, 0) is 43.2 Å². The van der Waals surface area contributed by atoms with E-state index in [0.717, 1.165) is 17.2 Å². The maximum absolute atomic E-state index is 12.4. The Hall–Kier alpha value is -2.34. The first-order chi connectivity index (χ1) is 9.81. The van der Waals surface area contributed by atoms with Gasteiger partial charge in [-0.3, -0.25) is 4.72 Å². The number of nitrogens with one attached hydrogen (secondary N) is 1. The van der Waals surface area contributed by atoms with Crippen LogP contribution in [0.4, 0.5) is 5.69 Å². The van der Waals surface area contributed by atoms with Gasteiger partial charge in [0.1, 0.15) is 0 Å². The van der Waals surface area contributed by atoms with Crippen LogP contribution in [0.25, 0.3) is 0 Å². The fourth-order valence-corrected chi connectivity index (χ4v) is 3.21. The van der Waals surface area contributed by atoms with E-state index in [1.807, 2.05) is 6.07 Å². The van der Waals surface area contributed by atoms with Crippen LogP contribution in [0.5, 0.6) is 0 Å². The normalized spacial score (nSPS) is 11.1. The molecule has 0 heterocycles. The zero-order chi connectivity index (χ0) is 15.6. The number of anilines is 1. The summed E-state index contributed by atoms with van der Waals surface area (Å²) in [7, 11) is -3.83. The second kappa shape index (κ2) is 5.57. The van der Waals surface area contributed by atoms with Crippen LogP contribution >= 0.6 is 0 Å². The Labute approximate surface area is 123 Å². The molecule has 0 unspecified atom stereocenters. The monoisotopic (exact) mass is 305 g/mol. The summed E-state index contributed by atoms with van der Waals surface area (Å²) in [4.78, 5) is 10.9. The molecule has 110 valence electrons. The van der Waals surface area contributed by atoms with Gasteiger partial charge in [-0.1, -0.05) is 24.3 Å². The molecule has 0 aliphatic rings. The fraction of sp³-hybridized carbons (Fsp3) is 0.133. The minimum atomic E-state index is -3.83. The first-order valence-electron chi connectivity index (χ1n) is 6.23. The molecule has 0 aliphatic heterocycles. The van der Waals surface area contributed by atoms with Crippen molar-refractivity contribution in [2.75, 3.05) is 4.72 Å². The van der Waals surface area contributed by atoms with Gasteiger partial charge in [0.15, 0.2) is 0 Å². The molecule has 2 aromatic carbocycles. The molecule has 5 nitrogen and oxygen atoms in total. The Morgan fingerprint density at radius 1 is 1.05 bits per heavy atom. The van der Waals surface area contributed by atoms with Gasteiger partial charge in [-0.2, -0.15) is 0 Å². The van der Waals surface area contributed by atoms with Gasteiger partial charge in [0.2, 0.25) is 0 Å². The molecule has 0 bridgehead atoms. The van der Waals surface area contributed by atoms with Crippen LogP contribution in [0, 0.1) is 13.8 Å². The summed E-state index contributed by atoms with van der Waals surface area (Å²) >= 11 is 0. The number of hydrogen-bond donors (Lipinski definition) is 2. The molecule has 0 saturated carbocycles. The lowest BCUT2D eigenvalue weighted by atomic mass is 10.1. The number of carboxylic acid groups (broad SMARTS) is 1. The van der Waals surface area contributed by atoms with Crippen LogP contribution in [-0.2, 0) is 10.0 Å². The maximum atomic E-state index is 12.4. The Kier molecular flexibility index (Phi) is 3.99. The second-order valence-electron chi connectivity index (χ2n) is 4.71. The second-order valence-corrected chi connectivity index (χ2v) is 6.39. The third kappa shape index (κ3) is 3.22. The molecule has 0 saturated heterocycles. The number of carbonyl (C=O) groups is 1. The van der Waals surface area contributed by atoms with Gasteiger partial charge >= 0.3 is 5.97 Å². The first kappa shape index (κ1) is 15.1. The molecule has 6 heteroatoms. The average molecular weight is 305 g/mol. The van der Waals surface area contributed by atoms with Crippen molar-refractivity contribution < 1.29 is 18.3 Å². The SMILES string of the molecule is Cc1cccc(C)c1NS(=O)(=O)c1cccc(C(=O)O)c1. The fourth-order valence-electron chi connectivity index (χ4n) is 1.97. The number of aromatic carboxylic acids is 1. The summed E-state index contributed by atoms with van der Waals surface area (Å²) in [5.41, 5.74) is 2.04. The molecule has 2 N–H and O–H groups in total. The molecular weight excluding hydrogens is 290 g/mol. The van der Waals surface area contributed by atoms with E-state index in [0.29, 0.717) is 5.69 Å². The Balaban J connectivity index is 2.44. The smallest absolute Gasteiger partial charge is 0.335 e. The number of hydrogen-bond acceptors (Lipinski definition) is 3. The van der Waals surface area contributed by atoms with E-state index >= 15 is 0 Å². The largest absolute Gasteiger partial charge is 0.478 e. The third-order valence-electron chi connectivity index (χ3n) is 3.11. The average Bonchev–Trinajstić information content (AvgIpc) is 2.43. The summed E-state index contributed by atoms with van der Waals surface area (Å²) in [6.45, 7) is 3.61. The van der Waals surface area contributed by atoms with Crippen molar-refractivity contribution >= 4 is 21.7 Å². The zero-order valence-electron chi connectivity index (χ0n) is 11.6. The van der Waals surface area contributed by atoms with Gasteiger partial charge in [0.25, 0.3) is 10.0 Å². The van der Waals surface area contributed by atoms with E-state index in [1.165, 1.54) is 18.2 Å². The molecule has 0 aliphatic carbocycles. The molecule has 21 heavy (non-hydrogen) atoms. The van der Waals surface area contributed by atoms with E-state index in [-0.39, 0.29) is 10.5 Å². The number of aryl methyl sites for hydroxylation is 2. The quantitative estimate of drug-likeness (QED) is 0.909. The number of carboxylic acids is 1. The Bertz CT molecular complexity index is 777. The molecule has 2 aromatic rings. The molecule has 0 aromatic heterocycles. The molecule has 0 radical (unpaired) electrons. The number of benzene rings is 2. The molecule has 0 spiro atoms. The standard InChI is InChI=1S/C15H15NO4S/c1-10-5-3-6-11(2)14(10)16-21(19,20)13-8-4-7-12(9-13)15(17)18/h3-9,16H,1-2H3,(H,17,18). The number of rotatable bonds is 4. The number of sulfonamides is 1. The lowest BCUT2D eigenvalue weighted by Crippen LogP contribution is -2.15. The van der Waals surface area contributed by atoms with E-state index in [1.54, 1.807) is 26.0 Å². The topological polar surface area (TPSA) is 83.5 Å². The highest BCUT2D eigenvalue weighted by Gasteiger charge is 2.18. The van der Waals surface area contributed by atoms with Gasteiger partial charge in [-0.25, -0.2) is 13.2 Å². The minimum Gasteiger partial charge on any atom is -0.478 e. The van der Waals surface area contributed by atoms with Crippen molar-refractivity contribution in [2.24, 2.45) is 0 Å². The first-order valence-corrected chi connectivity index (χ1v) is 7.72. The predicted molar refractivity (Wildman–Crippen MR) is 80.1 cm³/mol. The molecule has 0 atom stereocenters. The van der Waals surface area contributed by atoms with E-state index in [2.05, 4.69) is 4.72 Å². The molecule has 0 fully saturated rings. The van der Waals surface area contributed by atoms with Gasteiger partial charge in [0.05, 0.1) is 16.1 Å². The molecule has 0 amide bonds. The summed E-state index contributed by atoms with van der Waals surface area (Å²) in [5.74, 6) is -1.17. The van der Waals surface area contributed by atoms with Gasteiger partial charge in [-0.15, -0.1) is 0 Å². The highest BCUT2D eigenvalue weighted by Crippen LogP contribution is 2.23. The Morgan fingerprint density at radius 2 is 1.62 bits per heavy atom. The zero-order valence-corrected chi connectivity index (χ0v) is 12.4. The van der Waals surface area contributed by atoms with E-state index in [9.17, 15) is 13.2 Å². The lowest BCUT2D eigenvalue weighted by Gasteiger charge is -2.13. The minimum absolute atomic E-state index is 0.0700. The van der Waals surface area contributed by atoms with E-state index in [4.69, 9.17) is 5.11 Å². The summed E-state index contributed by atoms with van der Waals surface area (Å²) in [6, 6.07) is 10.7. The van der Waals surface area contributed by atoms with Crippen LogP contribution < -0.4 is 4.72 Å². The Morgan fingerprint density at radius 3 is 2.19 bits per heavy atom. The molecular formula is C15H15NO4S. The summed E-state index contributed by atoms with van der Waals surface area (Å²) < 4.78 is 27.3. The van der Waals surface area contributed by atoms with Crippen LogP contribution in [-0.4, -0.2) is 19.5 Å². The van der Waals surface area contributed by atoms with Crippen molar-refractivity contribution in [2.45, 2.75) is 18.7 Å². The van der Waals surface area contributed by atoms with Crippen molar-refractivity contribution in [1.82, 2.24) is 0 Å².